The third-order valence-corrected chi connectivity index (χ3v) is 3.31. The van der Waals surface area contributed by atoms with Crippen LogP contribution in [-0.4, -0.2) is 17.5 Å². The molecule has 0 rings (SSSR count). The van der Waals surface area contributed by atoms with Crippen LogP contribution in [0.2, 0.25) is 0 Å². The summed E-state index contributed by atoms with van der Waals surface area (Å²) in [6, 6.07) is 0. The SMILES string of the molecule is CCCC(O)(CCC)OCC(CC)C(C)C. The molecule has 0 aromatic heterocycles. The van der Waals surface area contributed by atoms with Crippen LogP contribution in [0.4, 0.5) is 0 Å². The van der Waals surface area contributed by atoms with Crippen LogP contribution in [0.1, 0.15) is 66.7 Å². The fourth-order valence-corrected chi connectivity index (χ4v) is 2.09. The fourth-order valence-electron chi connectivity index (χ4n) is 2.09. The first-order chi connectivity index (χ1) is 7.49. The average Bonchev–Trinajstić information content (AvgIpc) is 2.18. The van der Waals surface area contributed by atoms with E-state index in [9.17, 15) is 5.11 Å². The summed E-state index contributed by atoms with van der Waals surface area (Å²) < 4.78 is 5.78. The highest BCUT2D eigenvalue weighted by Crippen LogP contribution is 2.24. The van der Waals surface area contributed by atoms with E-state index in [-0.39, 0.29) is 0 Å². The zero-order valence-electron chi connectivity index (χ0n) is 11.8. The lowest BCUT2D eigenvalue weighted by Gasteiger charge is -2.30. The first-order valence-electron chi connectivity index (χ1n) is 6.85. The minimum Gasteiger partial charge on any atom is -0.365 e. The Morgan fingerprint density at radius 3 is 1.88 bits per heavy atom. The lowest BCUT2D eigenvalue weighted by Crippen LogP contribution is -2.34. The lowest BCUT2D eigenvalue weighted by molar-refractivity contribution is -0.220. The molecular weight excluding hydrogens is 200 g/mol. The highest BCUT2D eigenvalue weighted by atomic mass is 16.6. The molecule has 0 heterocycles. The summed E-state index contributed by atoms with van der Waals surface area (Å²) in [5.41, 5.74) is 0. The molecule has 0 radical (unpaired) electrons. The third kappa shape index (κ3) is 5.86. The molecule has 0 fully saturated rings. The van der Waals surface area contributed by atoms with Crippen LogP contribution in [-0.2, 0) is 4.74 Å². The molecule has 1 N–H and O–H groups in total. The van der Waals surface area contributed by atoms with Crippen LogP contribution in [0.15, 0.2) is 0 Å². The van der Waals surface area contributed by atoms with Crippen LogP contribution < -0.4 is 0 Å². The zero-order valence-corrected chi connectivity index (χ0v) is 11.8. The Kier molecular flexibility index (Phi) is 8.04. The number of hydrogen-bond acceptors (Lipinski definition) is 2. The molecule has 0 aromatic rings. The van der Waals surface area contributed by atoms with Crippen molar-refractivity contribution in [2.75, 3.05) is 6.61 Å². The van der Waals surface area contributed by atoms with Crippen molar-refractivity contribution < 1.29 is 9.84 Å². The van der Waals surface area contributed by atoms with Crippen LogP contribution in [0.25, 0.3) is 0 Å². The highest BCUT2D eigenvalue weighted by molar-refractivity contribution is 4.68. The van der Waals surface area contributed by atoms with Crippen molar-refractivity contribution in [3.63, 3.8) is 0 Å². The van der Waals surface area contributed by atoms with Gasteiger partial charge in [0, 0.05) is 12.8 Å². The molecule has 16 heavy (non-hydrogen) atoms. The Balaban J connectivity index is 4.18. The molecule has 0 aliphatic heterocycles. The van der Waals surface area contributed by atoms with E-state index in [0.717, 1.165) is 32.1 Å². The smallest absolute Gasteiger partial charge is 0.165 e. The van der Waals surface area contributed by atoms with Crippen LogP contribution >= 0.6 is 0 Å². The van der Waals surface area contributed by atoms with E-state index in [4.69, 9.17) is 4.74 Å². The fraction of sp³-hybridized carbons (Fsp3) is 1.00. The van der Waals surface area contributed by atoms with Gasteiger partial charge in [-0.05, 0) is 11.8 Å². The van der Waals surface area contributed by atoms with Crippen molar-refractivity contribution in [1.82, 2.24) is 0 Å². The number of aliphatic hydroxyl groups is 1. The van der Waals surface area contributed by atoms with Gasteiger partial charge in [-0.3, -0.25) is 0 Å². The van der Waals surface area contributed by atoms with Gasteiger partial charge in [0.2, 0.25) is 0 Å². The van der Waals surface area contributed by atoms with E-state index in [1.165, 1.54) is 0 Å². The van der Waals surface area contributed by atoms with Gasteiger partial charge in [-0.2, -0.15) is 0 Å². The van der Waals surface area contributed by atoms with E-state index in [2.05, 4.69) is 34.6 Å². The van der Waals surface area contributed by atoms with Crippen molar-refractivity contribution in [3.8, 4) is 0 Å². The molecule has 2 nitrogen and oxygen atoms in total. The molecule has 98 valence electrons. The minimum atomic E-state index is -0.883. The first-order valence-corrected chi connectivity index (χ1v) is 6.85. The molecule has 0 amide bonds. The van der Waals surface area contributed by atoms with Gasteiger partial charge < -0.3 is 9.84 Å². The van der Waals surface area contributed by atoms with E-state index >= 15 is 0 Å². The Bertz CT molecular complexity index is 160. The number of rotatable bonds is 9. The first kappa shape index (κ1) is 15.9. The van der Waals surface area contributed by atoms with Crippen molar-refractivity contribution in [2.24, 2.45) is 11.8 Å². The lowest BCUT2D eigenvalue weighted by atomic mass is 9.94. The number of hydrogen-bond donors (Lipinski definition) is 1. The normalized spacial score (nSPS) is 14.4. The molecule has 0 bridgehead atoms. The maximum atomic E-state index is 10.3. The Morgan fingerprint density at radius 1 is 1.06 bits per heavy atom. The summed E-state index contributed by atoms with van der Waals surface area (Å²) in [7, 11) is 0. The predicted molar refractivity (Wildman–Crippen MR) is 69.3 cm³/mol. The second-order valence-electron chi connectivity index (χ2n) is 5.17. The summed E-state index contributed by atoms with van der Waals surface area (Å²) in [6.45, 7) is 11.5. The van der Waals surface area contributed by atoms with Crippen molar-refractivity contribution in [2.45, 2.75) is 72.5 Å². The van der Waals surface area contributed by atoms with E-state index in [1.807, 2.05) is 0 Å². The van der Waals surface area contributed by atoms with Crippen LogP contribution in [0.5, 0.6) is 0 Å². The van der Waals surface area contributed by atoms with Crippen LogP contribution in [0, 0.1) is 11.8 Å². The predicted octanol–water partition coefficient (Wildman–Crippen LogP) is 3.97. The average molecular weight is 230 g/mol. The summed E-state index contributed by atoms with van der Waals surface area (Å²) in [5.74, 6) is 0.295. The third-order valence-electron chi connectivity index (χ3n) is 3.31. The summed E-state index contributed by atoms with van der Waals surface area (Å²) >= 11 is 0. The Hall–Kier alpha value is -0.0800. The van der Waals surface area contributed by atoms with Gasteiger partial charge in [0.25, 0.3) is 0 Å². The minimum absolute atomic E-state index is 0.556. The highest BCUT2D eigenvalue weighted by Gasteiger charge is 2.27. The van der Waals surface area contributed by atoms with Gasteiger partial charge in [-0.25, -0.2) is 0 Å². The van der Waals surface area contributed by atoms with Gasteiger partial charge in [0.15, 0.2) is 5.79 Å². The van der Waals surface area contributed by atoms with E-state index in [0.29, 0.717) is 18.4 Å². The topological polar surface area (TPSA) is 29.5 Å². The molecule has 0 aromatic carbocycles. The molecule has 1 unspecified atom stereocenters. The van der Waals surface area contributed by atoms with Gasteiger partial charge >= 0.3 is 0 Å². The summed E-state index contributed by atoms with van der Waals surface area (Å²) in [5, 5.41) is 10.3. The van der Waals surface area contributed by atoms with Gasteiger partial charge in [0.1, 0.15) is 0 Å². The second kappa shape index (κ2) is 8.08. The molecule has 0 saturated carbocycles. The van der Waals surface area contributed by atoms with E-state index < -0.39 is 5.79 Å². The Labute approximate surface area is 101 Å². The maximum absolute atomic E-state index is 10.3. The summed E-state index contributed by atoms with van der Waals surface area (Å²) in [6.07, 6.45) is 4.54. The molecule has 2 heteroatoms. The van der Waals surface area contributed by atoms with Crippen molar-refractivity contribution >= 4 is 0 Å². The molecule has 0 saturated heterocycles. The quantitative estimate of drug-likeness (QED) is 0.607. The second-order valence-corrected chi connectivity index (χ2v) is 5.17. The zero-order chi connectivity index (χ0) is 12.6. The molecule has 0 spiro atoms. The van der Waals surface area contributed by atoms with Crippen molar-refractivity contribution in [1.29, 1.82) is 0 Å². The number of ether oxygens (including phenoxy) is 1. The Morgan fingerprint density at radius 2 is 1.56 bits per heavy atom. The van der Waals surface area contributed by atoms with E-state index in [1.54, 1.807) is 0 Å². The monoisotopic (exact) mass is 230 g/mol. The maximum Gasteiger partial charge on any atom is 0.165 e. The summed E-state index contributed by atoms with van der Waals surface area (Å²) in [4.78, 5) is 0. The molecule has 1 atom stereocenters. The van der Waals surface area contributed by atoms with Crippen LogP contribution in [0.3, 0.4) is 0 Å². The van der Waals surface area contributed by atoms with Gasteiger partial charge in [-0.1, -0.05) is 53.9 Å². The van der Waals surface area contributed by atoms with Gasteiger partial charge in [0.05, 0.1) is 6.61 Å². The molecular formula is C14H30O2. The standard InChI is InChI=1S/C14H30O2/c1-6-9-14(15,10-7-2)16-11-13(8-3)12(4)5/h12-13,15H,6-11H2,1-5H3. The van der Waals surface area contributed by atoms with Gasteiger partial charge in [-0.15, -0.1) is 0 Å². The molecule has 0 aliphatic carbocycles. The van der Waals surface area contributed by atoms with Crippen molar-refractivity contribution in [3.05, 3.63) is 0 Å². The largest absolute Gasteiger partial charge is 0.365 e. The molecule has 0 aliphatic rings.